The molecule has 0 aromatic carbocycles. The van der Waals surface area contributed by atoms with Crippen LogP contribution in [-0.2, 0) is 14.3 Å². The summed E-state index contributed by atoms with van der Waals surface area (Å²) in [4.78, 5) is 24.5. The molecular weight excluding hydrogens is 911 g/mol. The van der Waals surface area contributed by atoms with Gasteiger partial charge in [0.2, 0.25) is 5.91 Å². The quantitative estimate of drug-likeness (QED) is 0.0320. The van der Waals surface area contributed by atoms with Gasteiger partial charge in [-0.3, -0.25) is 9.59 Å². The molecule has 2 atom stereocenters. The lowest BCUT2D eigenvalue weighted by Crippen LogP contribution is -2.45. The molecule has 0 radical (unpaired) electrons. The minimum atomic E-state index is -0.661. The van der Waals surface area contributed by atoms with Crippen LogP contribution < -0.4 is 5.32 Å². The molecule has 436 valence electrons. The van der Waals surface area contributed by atoms with E-state index >= 15 is 0 Å². The molecule has 0 aliphatic carbocycles. The van der Waals surface area contributed by atoms with Gasteiger partial charge in [-0.2, -0.15) is 0 Å². The number of aliphatic hydroxyl groups excluding tert-OH is 2. The highest BCUT2D eigenvalue weighted by Gasteiger charge is 2.20. The second kappa shape index (κ2) is 63.6. The van der Waals surface area contributed by atoms with Crippen LogP contribution in [0.2, 0.25) is 0 Å². The summed E-state index contributed by atoms with van der Waals surface area (Å²) >= 11 is 0. The largest absolute Gasteiger partial charge is 0.466 e. The predicted molar refractivity (Wildman–Crippen MR) is 324 cm³/mol. The van der Waals surface area contributed by atoms with E-state index in [0.29, 0.717) is 25.9 Å². The summed E-state index contributed by atoms with van der Waals surface area (Å²) in [6.07, 6.45) is 80.5. The Labute approximate surface area is 462 Å². The molecule has 6 nitrogen and oxygen atoms in total. The fraction of sp³-hybridized carbons (Fsp3) is 0.882. The summed E-state index contributed by atoms with van der Waals surface area (Å²) in [6, 6.07) is -0.538. The SMILES string of the molecule is CCCCCC/C=C\C/C=C\CCCCCCCCCC(=O)OCCCCCCCCCCCCCC/C=C\CCCCCCCCCCCCCCCCC(=O)NC(CO)C(O)CCCCCCCCCCC. The molecule has 0 aliphatic rings. The van der Waals surface area contributed by atoms with Crippen LogP contribution in [0.3, 0.4) is 0 Å². The van der Waals surface area contributed by atoms with Gasteiger partial charge in [-0.25, -0.2) is 0 Å². The number of ether oxygens (including phenoxy) is 1. The first-order valence-corrected chi connectivity index (χ1v) is 33.2. The number of esters is 1. The van der Waals surface area contributed by atoms with Crippen LogP contribution in [0.15, 0.2) is 36.5 Å². The number of unbranched alkanes of at least 4 members (excludes halogenated alkanes) is 45. The van der Waals surface area contributed by atoms with E-state index in [4.69, 9.17) is 4.74 Å². The van der Waals surface area contributed by atoms with Gasteiger partial charge in [0.05, 0.1) is 25.4 Å². The average Bonchev–Trinajstić information content (AvgIpc) is 3.40. The maximum Gasteiger partial charge on any atom is 0.305 e. The fourth-order valence-corrected chi connectivity index (χ4v) is 10.3. The number of carbonyl (C=O) groups is 2. The highest BCUT2D eigenvalue weighted by molar-refractivity contribution is 5.76. The van der Waals surface area contributed by atoms with Crippen LogP contribution >= 0.6 is 0 Å². The Kier molecular flexibility index (Phi) is 62.0. The van der Waals surface area contributed by atoms with Crippen molar-refractivity contribution < 1.29 is 24.5 Å². The van der Waals surface area contributed by atoms with Gasteiger partial charge in [-0.1, -0.05) is 301 Å². The maximum absolute atomic E-state index is 12.4. The number of hydrogen-bond acceptors (Lipinski definition) is 5. The van der Waals surface area contributed by atoms with Crippen LogP contribution in [0.4, 0.5) is 0 Å². The number of nitrogens with one attached hydrogen (secondary N) is 1. The van der Waals surface area contributed by atoms with Crippen molar-refractivity contribution >= 4 is 11.9 Å². The minimum absolute atomic E-state index is 0.00983. The molecule has 0 aromatic rings. The lowest BCUT2D eigenvalue weighted by atomic mass is 10.0. The number of carbonyl (C=O) groups excluding carboxylic acids is 2. The number of rotatable bonds is 62. The minimum Gasteiger partial charge on any atom is -0.466 e. The Hall–Kier alpha value is -1.92. The van der Waals surface area contributed by atoms with Crippen molar-refractivity contribution in [2.45, 2.75) is 373 Å². The first-order chi connectivity index (χ1) is 36.5. The van der Waals surface area contributed by atoms with Gasteiger partial charge in [0.15, 0.2) is 0 Å². The third-order valence-corrected chi connectivity index (χ3v) is 15.4. The summed E-state index contributed by atoms with van der Waals surface area (Å²) in [7, 11) is 0. The summed E-state index contributed by atoms with van der Waals surface area (Å²) < 4.78 is 5.50. The van der Waals surface area contributed by atoms with E-state index in [0.717, 1.165) is 51.4 Å². The van der Waals surface area contributed by atoms with Gasteiger partial charge in [-0.15, -0.1) is 0 Å². The van der Waals surface area contributed by atoms with Gasteiger partial charge >= 0.3 is 5.97 Å². The first-order valence-electron chi connectivity index (χ1n) is 33.2. The van der Waals surface area contributed by atoms with E-state index in [2.05, 4.69) is 55.6 Å². The predicted octanol–water partition coefficient (Wildman–Crippen LogP) is 21.1. The van der Waals surface area contributed by atoms with Gasteiger partial charge in [0.1, 0.15) is 0 Å². The molecule has 0 saturated carbocycles. The van der Waals surface area contributed by atoms with Crippen molar-refractivity contribution in [1.82, 2.24) is 5.32 Å². The smallest absolute Gasteiger partial charge is 0.305 e. The van der Waals surface area contributed by atoms with Crippen molar-refractivity contribution in [3.8, 4) is 0 Å². The van der Waals surface area contributed by atoms with Gasteiger partial charge in [-0.05, 0) is 83.5 Å². The lowest BCUT2D eigenvalue weighted by Gasteiger charge is -2.22. The summed E-state index contributed by atoms with van der Waals surface area (Å²) in [5, 5.41) is 23.1. The fourth-order valence-electron chi connectivity index (χ4n) is 10.3. The lowest BCUT2D eigenvalue weighted by molar-refractivity contribution is -0.143. The monoisotopic (exact) mass is 1040 g/mol. The molecular formula is C68H129NO5. The van der Waals surface area contributed by atoms with E-state index in [9.17, 15) is 19.8 Å². The van der Waals surface area contributed by atoms with Crippen molar-refractivity contribution in [2.24, 2.45) is 0 Å². The number of hydrogen-bond donors (Lipinski definition) is 3. The Bertz CT molecular complexity index is 1200. The average molecular weight is 1040 g/mol. The van der Waals surface area contributed by atoms with Crippen LogP contribution in [0, 0.1) is 0 Å². The van der Waals surface area contributed by atoms with Crippen molar-refractivity contribution in [3.05, 3.63) is 36.5 Å². The van der Waals surface area contributed by atoms with Crippen LogP contribution in [0.25, 0.3) is 0 Å². The number of allylic oxidation sites excluding steroid dienone is 6. The Morgan fingerprint density at radius 1 is 0.378 bits per heavy atom. The highest BCUT2D eigenvalue weighted by Crippen LogP contribution is 2.18. The first kappa shape index (κ1) is 72.1. The molecule has 0 bridgehead atoms. The van der Waals surface area contributed by atoms with E-state index in [1.165, 1.54) is 276 Å². The van der Waals surface area contributed by atoms with E-state index < -0.39 is 12.1 Å². The van der Waals surface area contributed by atoms with Crippen LogP contribution in [0.1, 0.15) is 361 Å². The van der Waals surface area contributed by atoms with E-state index in [1.54, 1.807) is 0 Å². The molecule has 0 aliphatic heterocycles. The second-order valence-corrected chi connectivity index (χ2v) is 22.8. The van der Waals surface area contributed by atoms with Gasteiger partial charge in [0.25, 0.3) is 0 Å². The zero-order chi connectivity index (χ0) is 53.6. The highest BCUT2D eigenvalue weighted by atomic mass is 16.5. The molecule has 2 unspecified atom stereocenters. The van der Waals surface area contributed by atoms with E-state index in [1.807, 2.05) is 0 Å². The van der Waals surface area contributed by atoms with Crippen molar-refractivity contribution in [1.29, 1.82) is 0 Å². The standard InChI is InChI=1S/C68H129NO5/c1-3-5-7-9-11-13-14-15-16-17-33-36-39-42-46-50-54-58-62-68(73)74-63-59-55-51-47-43-40-37-34-31-29-27-25-23-21-19-18-20-22-24-26-28-30-32-35-38-41-45-49-53-57-61-67(72)69-65(64-70)66(71)60-56-52-48-44-12-10-8-6-4-2/h13-14,16-17,19,21,65-66,70-71H,3-12,15,18,20,22-64H2,1-2H3,(H,69,72)/b14-13-,17-16-,21-19-. The Morgan fingerprint density at radius 2 is 0.676 bits per heavy atom. The topological polar surface area (TPSA) is 95.9 Å². The molecule has 3 N–H and O–H groups in total. The second-order valence-electron chi connectivity index (χ2n) is 22.8. The number of aliphatic hydroxyl groups is 2. The molecule has 74 heavy (non-hydrogen) atoms. The Balaban J connectivity index is 3.33. The zero-order valence-corrected chi connectivity index (χ0v) is 49.8. The maximum atomic E-state index is 12.4. The molecule has 0 fully saturated rings. The Morgan fingerprint density at radius 3 is 1.05 bits per heavy atom. The zero-order valence-electron chi connectivity index (χ0n) is 49.8. The normalized spacial score (nSPS) is 12.8. The molecule has 0 heterocycles. The van der Waals surface area contributed by atoms with Gasteiger partial charge < -0.3 is 20.3 Å². The summed E-state index contributed by atoms with van der Waals surface area (Å²) in [5.74, 6) is -0.0251. The summed E-state index contributed by atoms with van der Waals surface area (Å²) in [6.45, 7) is 4.93. The van der Waals surface area contributed by atoms with Crippen molar-refractivity contribution in [3.63, 3.8) is 0 Å². The molecule has 0 rings (SSSR count). The molecule has 6 heteroatoms. The van der Waals surface area contributed by atoms with Crippen LogP contribution in [-0.4, -0.2) is 47.4 Å². The van der Waals surface area contributed by atoms with E-state index in [-0.39, 0.29) is 18.5 Å². The third kappa shape index (κ3) is 59.3. The number of amides is 1. The third-order valence-electron chi connectivity index (χ3n) is 15.4. The summed E-state index contributed by atoms with van der Waals surface area (Å²) in [5.41, 5.74) is 0. The molecule has 0 aromatic heterocycles. The van der Waals surface area contributed by atoms with Gasteiger partial charge in [0, 0.05) is 12.8 Å². The van der Waals surface area contributed by atoms with Crippen molar-refractivity contribution in [2.75, 3.05) is 13.2 Å². The molecule has 0 spiro atoms. The molecule has 0 saturated heterocycles. The van der Waals surface area contributed by atoms with Crippen LogP contribution in [0.5, 0.6) is 0 Å². The molecule has 1 amide bonds.